The van der Waals surface area contributed by atoms with Crippen LogP contribution in [0.25, 0.3) is 22.1 Å². The lowest BCUT2D eigenvalue weighted by Gasteiger charge is -2.08. The highest BCUT2D eigenvalue weighted by molar-refractivity contribution is 7.84. The first-order valence-electron chi connectivity index (χ1n) is 7.18. The highest BCUT2D eigenvalue weighted by atomic mass is 32.2. The Bertz CT molecular complexity index is 1310. The minimum absolute atomic E-state index is 0.0586. The predicted octanol–water partition coefficient (Wildman–Crippen LogP) is 0.203. The summed E-state index contributed by atoms with van der Waals surface area (Å²) in [6.45, 7) is 0. The van der Waals surface area contributed by atoms with Gasteiger partial charge in [0.2, 0.25) is 5.43 Å². The van der Waals surface area contributed by atoms with Crippen LogP contribution in [0.4, 0.5) is 11.4 Å². The molecule has 1 heterocycles. The molecule has 1 aromatic heterocycles. The van der Waals surface area contributed by atoms with Crippen molar-refractivity contribution in [3.8, 4) is 16.9 Å². The van der Waals surface area contributed by atoms with Gasteiger partial charge in [0, 0.05) is 29.1 Å². The minimum Gasteiger partial charge on any atom is -0.463 e. The molecule has 0 aliphatic rings. The van der Waals surface area contributed by atoms with Gasteiger partial charge in [0.05, 0.1) is 10.9 Å². The molecule has 0 radical (unpaired) electrons. The summed E-state index contributed by atoms with van der Waals surface area (Å²) in [5, 5.41) is 5.15. The second kappa shape index (κ2) is 8.08. The molecule has 0 unspecified atom stereocenters. The average molecular weight is 427 g/mol. The molecular weight excluding hydrogens is 414 g/mol. The third-order valence-corrected chi connectivity index (χ3v) is 3.75. The highest BCUT2D eigenvalue weighted by Gasteiger charge is 2.14. The fourth-order valence-electron chi connectivity index (χ4n) is 2.30. The molecular formula is C15H13N3O8S2. The maximum atomic E-state index is 12.6. The Labute approximate surface area is 159 Å². The van der Waals surface area contributed by atoms with Gasteiger partial charge in [-0.15, -0.1) is 12.6 Å². The van der Waals surface area contributed by atoms with E-state index in [1.165, 1.54) is 24.5 Å². The Balaban J connectivity index is 0.000000640. The van der Waals surface area contributed by atoms with Crippen LogP contribution in [0.3, 0.4) is 0 Å². The molecule has 0 spiro atoms. The van der Waals surface area contributed by atoms with Crippen LogP contribution < -0.4 is 26.2 Å². The molecule has 0 bridgehead atoms. The Morgan fingerprint density at radius 3 is 2.18 bits per heavy atom. The van der Waals surface area contributed by atoms with Crippen LogP contribution in [0.15, 0.2) is 51.9 Å². The lowest BCUT2D eigenvalue weighted by atomic mass is 10.0. The van der Waals surface area contributed by atoms with E-state index in [2.05, 4.69) is 4.18 Å². The number of benzene rings is 2. The lowest BCUT2D eigenvalue weighted by Crippen LogP contribution is -2.19. The summed E-state index contributed by atoms with van der Waals surface area (Å²) in [6.07, 6.45) is 1.27. The van der Waals surface area contributed by atoms with Crippen molar-refractivity contribution < 1.29 is 29.6 Å². The minimum atomic E-state index is -4.16. The van der Waals surface area contributed by atoms with E-state index in [0.717, 1.165) is 0 Å². The molecule has 3 aromatic rings. The zero-order chi connectivity index (χ0) is 21.1. The number of fused-ring (bicyclic) bond motifs is 1. The van der Waals surface area contributed by atoms with Gasteiger partial charge in [-0.1, -0.05) is 0 Å². The average Bonchev–Trinajstić information content (AvgIpc) is 2.54. The molecule has 2 aromatic carbocycles. The Kier molecular flexibility index (Phi) is 6.03. The van der Waals surface area contributed by atoms with Crippen LogP contribution in [0.5, 0.6) is 5.75 Å². The van der Waals surface area contributed by atoms with Gasteiger partial charge in [0.25, 0.3) is 0 Å². The molecule has 0 saturated heterocycles. The van der Waals surface area contributed by atoms with Gasteiger partial charge in [-0.25, -0.2) is 0 Å². The van der Waals surface area contributed by atoms with E-state index in [-0.39, 0.29) is 22.4 Å². The number of hydrogen-bond acceptors (Lipinski definition) is 10. The highest BCUT2D eigenvalue weighted by Crippen LogP contribution is 2.29. The predicted molar refractivity (Wildman–Crippen MR) is 100 cm³/mol. The summed E-state index contributed by atoms with van der Waals surface area (Å²) < 4.78 is 57.2. The van der Waals surface area contributed by atoms with Crippen molar-refractivity contribution in [2.75, 3.05) is 11.5 Å². The number of rotatable bonds is 3. The first kappa shape index (κ1) is 20.9. The molecule has 0 saturated carbocycles. The summed E-state index contributed by atoms with van der Waals surface area (Å²) in [5.41, 5.74) is 12.8. The van der Waals surface area contributed by atoms with Gasteiger partial charge in [-0.2, -0.15) is 13.6 Å². The van der Waals surface area contributed by atoms with Gasteiger partial charge in [0.1, 0.15) is 17.6 Å². The monoisotopic (exact) mass is 427 g/mol. The molecule has 11 nitrogen and oxygen atoms in total. The second-order valence-electron chi connectivity index (χ2n) is 5.26. The van der Waals surface area contributed by atoms with E-state index in [1.54, 1.807) is 18.2 Å². The van der Waals surface area contributed by atoms with Crippen molar-refractivity contribution in [1.29, 1.82) is 0 Å². The van der Waals surface area contributed by atoms with Crippen molar-refractivity contribution in [3.05, 3.63) is 52.9 Å². The van der Waals surface area contributed by atoms with Gasteiger partial charge >= 0.3 is 20.9 Å². The van der Waals surface area contributed by atoms with E-state index in [1.807, 2.05) is 0 Å². The summed E-state index contributed by atoms with van der Waals surface area (Å²) >= 11 is 0. The fraction of sp³-hybridized carbons (Fsp3) is 0. The van der Waals surface area contributed by atoms with Crippen LogP contribution in [-0.2, 0) is 20.9 Å². The Hall–Kier alpha value is -3.42. The maximum Gasteiger partial charge on any atom is 0.425 e. The molecule has 28 heavy (non-hydrogen) atoms. The van der Waals surface area contributed by atoms with Crippen molar-refractivity contribution in [2.24, 2.45) is 5.14 Å². The number of anilines is 2. The first-order chi connectivity index (χ1) is 13.0. The van der Waals surface area contributed by atoms with E-state index in [0.29, 0.717) is 22.2 Å². The van der Waals surface area contributed by atoms with Gasteiger partial charge in [-0.3, -0.25) is 4.79 Å². The zero-order valence-electron chi connectivity index (χ0n) is 13.9. The fourth-order valence-corrected chi connectivity index (χ4v) is 2.67. The Morgan fingerprint density at radius 1 is 0.964 bits per heavy atom. The maximum absolute atomic E-state index is 12.6. The number of hydrogen-bond donors (Lipinski definition) is 3. The standard InChI is InChI=1S/C15H13N3O5S.O3S/c16-8-1-3-11-14(5-8)22-7-12(15(11)19)10-4-2-9(6-13(10)17)23-24(18,20)21;1-4(2)3/h1-7H,16-17H2,(H2,18,20,21);. The molecule has 6 N–H and O–H groups in total. The van der Waals surface area contributed by atoms with E-state index in [9.17, 15) is 13.2 Å². The SMILES string of the molecule is Nc1ccc2c(=O)c(-c3ccc(OS(N)(=O)=O)cc3N)coc2c1.O=S(=O)=O. The van der Waals surface area contributed by atoms with Gasteiger partial charge in [0.15, 0.2) is 0 Å². The summed E-state index contributed by atoms with van der Waals surface area (Å²) in [4.78, 5) is 12.6. The van der Waals surface area contributed by atoms with Crippen molar-refractivity contribution in [1.82, 2.24) is 0 Å². The smallest absolute Gasteiger partial charge is 0.425 e. The van der Waals surface area contributed by atoms with Crippen LogP contribution in [-0.4, -0.2) is 21.0 Å². The van der Waals surface area contributed by atoms with Crippen LogP contribution in [0, 0.1) is 0 Å². The molecule has 0 aliphatic heterocycles. The molecule has 13 heteroatoms. The van der Waals surface area contributed by atoms with Crippen LogP contribution >= 0.6 is 0 Å². The normalized spacial score (nSPS) is 10.8. The molecule has 0 amide bonds. The number of nitrogens with two attached hydrogens (primary N) is 3. The van der Waals surface area contributed by atoms with Gasteiger partial charge < -0.3 is 20.1 Å². The van der Waals surface area contributed by atoms with E-state index < -0.39 is 20.9 Å². The van der Waals surface area contributed by atoms with Crippen molar-refractivity contribution in [3.63, 3.8) is 0 Å². The summed E-state index contributed by atoms with van der Waals surface area (Å²) in [7, 11) is -7.27. The van der Waals surface area contributed by atoms with E-state index in [4.69, 9.17) is 33.7 Å². The zero-order valence-corrected chi connectivity index (χ0v) is 15.5. The quantitative estimate of drug-likeness (QED) is 0.484. The van der Waals surface area contributed by atoms with Gasteiger partial charge in [-0.05, 0) is 24.3 Å². The van der Waals surface area contributed by atoms with Crippen LogP contribution in [0.2, 0.25) is 0 Å². The second-order valence-corrected chi connectivity index (χ2v) is 6.82. The van der Waals surface area contributed by atoms with Crippen molar-refractivity contribution in [2.45, 2.75) is 0 Å². The number of nitrogen functional groups attached to an aromatic ring is 2. The lowest BCUT2D eigenvalue weighted by molar-refractivity contribution is 0.488. The summed E-state index contributed by atoms with van der Waals surface area (Å²) in [6, 6.07) is 8.75. The summed E-state index contributed by atoms with van der Waals surface area (Å²) in [5.74, 6) is -0.0586. The molecule has 148 valence electrons. The molecule has 0 aliphatic carbocycles. The third kappa shape index (κ3) is 5.29. The molecule has 3 rings (SSSR count). The van der Waals surface area contributed by atoms with E-state index >= 15 is 0 Å². The van der Waals surface area contributed by atoms with Crippen LogP contribution in [0.1, 0.15) is 0 Å². The first-order valence-corrected chi connectivity index (χ1v) is 9.65. The Morgan fingerprint density at radius 2 is 1.61 bits per heavy atom. The molecule has 0 fully saturated rings. The van der Waals surface area contributed by atoms with Crippen molar-refractivity contribution >= 4 is 43.3 Å². The largest absolute Gasteiger partial charge is 0.463 e. The topological polar surface area (TPSA) is 203 Å². The third-order valence-electron chi connectivity index (χ3n) is 3.32. The molecule has 0 atom stereocenters.